The monoisotopic (exact) mass is 728 g/mol. The Hall–Kier alpha value is -2.25. The van der Waals surface area contributed by atoms with E-state index in [1.165, 1.54) is 133 Å². The number of carboxylic acid groups (broad SMARTS) is 2. The summed E-state index contributed by atoms with van der Waals surface area (Å²) in [6.45, 7) is 9.47. The van der Waals surface area contributed by atoms with Crippen molar-refractivity contribution in [3.8, 4) is 0 Å². The van der Waals surface area contributed by atoms with E-state index in [0.717, 1.165) is 0 Å². The molecule has 0 saturated carbocycles. The van der Waals surface area contributed by atoms with Crippen LogP contribution in [0.25, 0.3) is 0 Å². The minimum absolute atomic E-state index is 0.251. The number of hydrogen-bond donors (Lipinski definition) is 2. The van der Waals surface area contributed by atoms with Crippen LogP contribution in [0.3, 0.4) is 0 Å². The Labute approximate surface area is 311 Å². The van der Waals surface area contributed by atoms with Gasteiger partial charge in [-0.2, -0.15) is 0 Å². The predicted molar refractivity (Wildman–Crippen MR) is 214 cm³/mol. The Morgan fingerprint density at radius 1 is 0.529 bits per heavy atom. The van der Waals surface area contributed by atoms with Crippen LogP contribution in [-0.4, -0.2) is 54.1 Å². The van der Waals surface area contributed by atoms with E-state index in [4.69, 9.17) is 9.31 Å². The van der Waals surface area contributed by atoms with Crippen molar-refractivity contribution in [2.45, 2.75) is 155 Å². The second-order valence-corrected chi connectivity index (χ2v) is 18.5. The van der Waals surface area contributed by atoms with Crippen LogP contribution in [-0.2, 0) is 18.9 Å². The third-order valence-electron chi connectivity index (χ3n) is 9.59. The summed E-state index contributed by atoms with van der Waals surface area (Å²) in [6, 6.07) is 15.7. The highest BCUT2D eigenvalue weighted by Gasteiger charge is 2.34. The lowest BCUT2D eigenvalue weighted by Crippen LogP contribution is -2.42. The van der Waals surface area contributed by atoms with E-state index in [2.05, 4.69) is 27.7 Å². The molecule has 0 bridgehead atoms. The third-order valence-corrected chi connectivity index (χ3v) is 14.7. The number of aliphatic carboxylic acids is 2. The Morgan fingerprint density at radius 3 is 1.14 bits per heavy atom. The first kappa shape index (κ1) is 46.8. The maximum absolute atomic E-state index is 11.9. The summed E-state index contributed by atoms with van der Waals surface area (Å²) in [7, 11) is -2.91. The van der Waals surface area contributed by atoms with Gasteiger partial charge in [0.05, 0.1) is 24.6 Å². The average Bonchev–Trinajstić information content (AvgIpc) is 3.14. The fourth-order valence-electron chi connectivity index (χ4n) is 6.51. The third kappa shape index (κ3) is 21.8. The molecule has 7 nitrogen and oxygen atoms in total. The van der Waals surface area contributed by atoms with E-state index in [1.54, 1.807) is 67.5 Å². The van der Waals surface area contributed by atoms with Gasteiger partial charge in [-0.15, -0.1) is 0 Å². The van der Waals surface area contributed by atoms with Crippen LogP contribution in [0.5, 0.6) is 0 Å². The lowest BCUT2D eigenvalue weighted by molar-refractivity contribution is -0.266. The van der Waals surface area contributed by atoms with E-state index >= 15 is 0 Å². The molecular weight excluding hydrogens is 658 g/mol. The van der Waals surface area contributed by atoms with Gasteiger partial charge in [-0.3, -0.25) is 0 Å². The smallest absolute Gasteiger partial charge is 0.347 e. The molecular formula is C42H70BO7P. The molecule has 2 unspecified atom stereocenters. The Bertz CT molecular complexity index is 1040. The molecule has 51 heavy (non-hydrogen) atoms. The van der Waals surface area contributed by atoms with Gasteiger partial charge in [-0.25, -0.2) is 9.59 Å². The number of carbonyl (C=O) groups is 2. The van der Waals surface area contributed by atoms with E-state index < -0.39 is 38.7 Å². The fraction of sp³-hybridized carbons (Fsp3) is 0.667. The Kier molecular flexibility index (Phi) is 27.7. The van der Waals surface area contributed by atoms with E-state index in [1.807, 2.05) is 0 Å². The molecule has 0 radical (unpaired) electrons. The van der Waals surface area contributed by atoms with Gasteiger partial charge in [-0.1, -0.05) is 172 Å². The van der Waals surface area contributed by atoms with Crippen molar-refractivity contribution < 1.29 is 34.1 Å². The molecule has 2 N–H and O–H groups in total. The Morgan fingerprint density at radius 2 is 0.824 bits per heavy atom. The van der Waals surface area contributed by atoms with Crippen molar-refractivity contribution in [3.63, 3.8) is 0 Å². The zero-order chi connectivity index (χ0) is 37.6. The van der Waals surface area contributed by atoms with Gasteiger partial charge >= 0.3 is 19.3 Å². The summed E-state index contributed by atoms with van der Waals surface area (Å²) in [5, 5.41) is 30.3. The van der Waals surface area contributed by atoms with Crippen molar-refractivity contribution in [1.29, 1.82) is 0 Å². The zero-order valence-corrected chi connectivity index (χ0v) is 33.3. The predicted octanol–water partition coefficient (Wildman–Crippen LogP) is 11.1. The molecule has 0 saturated heterocycles. The normalized spacial score (nSPS) is 12.5. The van der Waals surface area contributed by atoms with Crippen LogP contribution in [0.4, 0.5) is 0 Å². The lowest BCUT2D eigenvalue weighted by Gasteiger charge is -2.28. The summed E-state index contributed by atoms with van der Waals surface area (Å²) < 4.78 is 9.72. The van der Waals surface area contributed by atoms with E-state index in [0.29, 0.717) is 0 Å². The maximum Gasteiger partial charge on any atom is 0.347 e. The first-order valence-corrected chi connectivity index (χ1v) is 22.6. The van der Waals surface area contributed by atoms with Crippen molar-refractivity contribution in [2.24, 2.45) is 0 Å². The standard InChI is InChI=1S/C26H56P.C16H14BO7/c1-5-9-13-14-15-16-17-18-19-20-21-22-26-27(23-10-6-2,24-11-7-3)25-12-8-4;18-15(19)13(11-7-3-1-4-8-11)23-17(22)24-14(16(20)21)12-9-5-2-6-10-12/h5-26H2,1-4H3;1-10,13-14H,(H,18,19)(H,20,21)/q+1;-1. The molecule has 0 aliphatic heterocycles. The molecule has 2 rings (SSSR count). The van der Waals surface area contributed by atoms with Gasteiger partial charge in [0.1, 0.15) is 0 Å². The second kappa shape index (κ2) is 30.2. The molecule has 0 aromatic heterocycles. The molecule has 288 valence electrons. The molecule has 2 atom stereocenters. The summed E-state index contributed by atoms with van der Waals surface area (Å²) in [5.41, 5.74) is 0.502. The second-order valence-electron chi connectivity index (χ2n) is 14.0. The quantitative estimate of drug-likeness (QED) is 0.0467. The van der Waals surface area contributed by atoms with Gasteiger partial charge < -0.3 is 24.5 Å². The molecule has 9 heteroatoms. The molecule has 2 aromatic carbocycles. The van der Waals surface area contributed by atoms with Crippen molar-refractivity contribution >= 4 is 26.5 Å². The Balaban J connectivity index is 0.000000512. The highest BCUT2D eigenvalue weighted by molar-refractivity contribution is 7.75. The maximum atomic E-state index is 11.9. The zero-order valence-electron chi connectivity index (χ0n) is 32.4. The highest BCUT2D eigenvalue weighted by Crippen LogP contribution is 2.61. The average molecular weight is 729 g/mol. The molecule has 2 aromatic rings. The topological polar surface area (TPSA) is 116 Å². The minimum atomic E-state index is -2.28. The van der Waals surface area contributed by atoms with Crippen LogP contribution in [0.2, 0.25) is 0 Å². The molecule has 0 spiro atoms. The van der Waals surface area contributed by atoms with Crippen LogP contribution in [0, 0.1) is 0 Å². The lowest BCUT2D eigenvalue weighted by atomic mass is 10.1. The highest BCUT2D eigenvalue weighted by atomic mass is 31.2. The van der Waals surface area contributed by atoms with Gasteiger partial charge in [-0.05, 0) is 43.2 Å². The number of unbranched alkanes of at least 4 members (excludes halogenated alkanes) is 14. The van der Waals surface area contributed by atoms with Crippen molar-refractivity contribution in [3.05, 3.63) is 71.8 Å². The first-order valence-electron chi connectivity index (χ1n) is 20.1. The largest absolute Gasteiger partial charge is 0.832 e. The summed E-state index contributed by atoms with van der Waals surface area (Å²) in [6.07, 6.45) is 29.8. The number of hydrogen-bond acceptors (Lipinski definition) is 5. The molecule has 0 aliphatic carbocycles. The SMILES string of the molecule is CCCCCCCCCCCCCC[P+](CCCC)(CCCC)CCCC.O=C(O)C(OB([O-])OC(C(=O)O)c1ccccc1)c1ccccc1. The molecule has 0 heterocycles. The summed E-state index contributed by atoms with van der Waals surface area (Å²) in [4.78, 5) is 22.6. The number of rotatable bonds is 30. The van der Waals surface area contributed by atoms with Crippen LogP contribution in [0.15, 0.2) is 60.7 Å². The van der Waals surface area contributed by atoms with E-state index in [9.17, 15) is 24.8 Å². The van der Waals surface area contributed by atoms with E-state index in [-0.39, 0.29) is 11.1 Å². The summed E-state index contributed by atoms with van der Waals surface area (Å²) in [5.74, 6) is -2.76. The van der Waals surface area contributed by atoms with Crippen molar-refractivity contribution in [1.82, 2.24) is 0 Å². The van der Waals surface area contributed by atoms with Crippen LogP contribution >= 0.6 is 7.26 Å². The molecule has 0 fully saturated rings. The van der Waals surface area contributed by atoms with Gasteiger partial charge in [0.25, 0.3) is 0 Å². The minimum Gasteiger partial charge on any atom is -0.832 e. The molecule has 0 aliphatic rings. The van der Waals surface area contributed by atoms with Crippen molar-refractivity contribution in [2.75, 3.05) is 24.6 Å². The number of benzene rings is 2. The first-order chi connectivity index (χ1) is 24.7. The van der Waals surface area contributed by atoms with Crippen LogP contribution < -0.4 is 5.02 Å². The van der Waals surface area contributed by atoms with Gasteiger partial charge in [0, 0.05) is 7.26 Å². The fourth-order valence-corrected chi connectivity index (χ4v) is 11.7. The molecule has 0 amide bonds. The van der Waals surface area contributed by atoms with Gasteiger partial charge in [0.2, 0.25) is 0 Å². The van der Waals surface area contributed by atoms with Crippen LogP contribution in [0.1, 0.15) is 167 Å². The van der Waals surface area contributed by atoms with Gasteiger partial charge in [0.15, 0.2) is 12.2 Å². The summed E-state index contributed by atoms with van der Waals surface area (Å²) >= 11 is 0. The number of carboxylic acids is 2.